The average Bonchev–Trinajstić information content (AvgIpc) is 2.58. The normalized spacial score (nSPS) is 14.6. The summed E-state index contributed by atoms with van der Waals surface area (Å²) in [6, 6.07) is 4.27. The number of carbonyl (C=O) groups is 1. The molecule has 7 nitrogen and oxygen atoms in total. The minimum atomic E-state index is 0.119. The molecule has 2 heterocycles. The predicted octanol–water partition coefficient (Wildman–Crippen LogP) is 2.21. The van der Waals surface area contributed by atoms with E-state index in [-0.39, 0.29) is 5.91 Å². The zero-order chi connectivity index (χ0) is 18.0. The standard InChI is InChI=1S/C18H24N6O/c1-12-9-13(2)17(14(3)10-12)21-18-20-16(11-19-22-18)24-7-5-23(6-8-24)15(4)25/h9-11H,5-8H2,1-4H3,(H,20,21,22). The first-order valence-electron chi connectivity index (χ1n) is 8.49. The molecule has 132 valence electrons. The Morgan fingerprint density at radius 3 is 2.32 bits per heavy atom. The highest BCUT2D eigenvalue weighted by Crippen LogP contribution is 2.25. The van der Waals surface area contributed by atoms with E-state index in [9.17, 15) is 4.79 Å². The van der Waals surface area contributed by atoms with Crippen molar-refractivity contribution < 1.29 is 4.79 Å². The number of benzene rings is 1. The number of hydrogen-bond acceptors (Lipinski definition) is 6. The molecule has 1 fully saturated rings. The first-order valence-corrected chi connectivity index (χ1v) is 8.49. The first-order chi connectivity index (χ1) is 11.9. The molecule has 7 heteroatoms. The van der Waals surface area contributed by atoms with Crippen LogP contribution in [0.3, 0.4) is 0 Å². The van der Waals surface area contributed by atoms with Crippen LogP contribution in [0.15, 0.2) is 18.3 Å². The van der Waals surface area contributed by atoms with E-state index in [0.29, 0.717) is 19.0 Å². The van der Waals surface area contributed by atoms with Crippen molar-refractivity contribution in [2.24, 2.45) is 0 Å². The van der Waals surface area contributed by atoms with Crippen molar-refractivity contribution >= 4 is 23.4 Å². The van der Waals surface area contributed by atoms with Crippen molar-refractivity contribution in [3.63, 3.8) is 0 Å². The van der Waals surface area contributed by atoms with Crippen LogP contribution in [-0.2, 0) is 4.79 Å². The number of piperazine rings is 1. The largest absolute Gasteiger partial charge is 0.352 e. The van der Waals surface area contributed by atoms with Gasteiger partial charge in [-0.05, 0) is 31.9 Å². The maximum atomic E-state index is 11.4. The van der Waals surface area contributed by atoms with Crippen LogP contribution >= 0.6 is 0 Å². The summed E-state index contributed by atoms with van der Waals surface area (Å²) in [6.07, 6.45) is 1.67. The van der Waals surface area contributed by atoms with Crippen LogP contribution in [0.25, 0.3) is 0 Å². The van der Waals surface area contributed by atoms with Crippen LogP contribution in [0, 0.1) is 20.8 Å². The van der Waals surface area contributed by atoms with Gasteiger partial charge in [0, 0.05) is 38.8 Å². The summed E-state index contributed by atoms with van der Waals surface area (Å²) in [5.74, 6) is 1.39. The number of aromatic nitrogens is 3. The second-order valence-electron chi connectivity index (χ2n) is 6.53. The third kappa shape index (κ3) is 3.87. The van der Waals surface area contributed by atoms with Crippen LogP contribution in [0.2, 0.25) is 0 Å². The molecule has 1 amide bonds. The Kier molecular flexibility index (Phi) is 4.83. The van der Waals surface area contributed by atoms with Gasteiger partial charge in [0.1, 0.15) is 0 Å². The maximum absolute atomic E-state index is 11.4. The molecule has 0 unspecified atom stereocenters. The topological polar surface area (TPSA) is 74.2 Å². The summed E-state index contributed by atoms with van der Waals surface area (Å²) < 4.78 is 0. The summed E-state index contributed by atoms with van der Waals surface area (Å²) in [7, 11) is 0. The first kappa shape index (κ1) is 17.1. The van der Waals surface area contributed by atoms with Crippen molar-refractivity contribution in [1.29, 1.82) is 0 Å². The van der Waals surface area contributed by atoms with E-state index in [1.54, 1.807) is 13.1 Å². The van der Waals surface area contributed by atoms with E-state index in [1.165, 1.54) is 5.56 Å². The zero-order valence-electron chi connectivity index (χ0n) is 15.2. The molecule has 3 rings (SSSR count). The number of rotatable bonds is 3. The van der Waals surface area contributed by atoms with Gasteiger partial charge in [0.15, 0.2) is 5.82 Å². The number of aryl methyl sites for hydroxylation is 3. The zero-order valence-corrected chi connectivity index (χ0v) is 15.2. The number of carbonyl (C=O) groups excluding carboxylic acids is 1. The van der Waals surface area contributed by atoms with Gasteiger partial charge in [0.25, 0.3) is 0 Å². The lowest BCUT2D eigenvalue weighted by atomic mass is 10.1. The van der Waals surface area contributed by atoms with Crippen LogP contribution in [0.1, 0.15) is 23.6 Å². The molecular weight excluding hydrogens is 316 g/mol. The summed E-state index contributed by atoms with van der Waals surface area (Å²) in [5.41, 5.74) is 4.56. The molecule has 0 bridgehead atoms. The number of anilines is 3. The van der Waals surface area contributed by atoms with Gasteiger partial charge in [-0.15, -0.1) is 5.10 Å². The lowest BCUT2D eigenvalue weighted by molar-refractivity contribution is -0.129. The maximum Gasteiger partial charge on any atom is 0.249 e. The molecule has 1 aromatic carbocycles. The lowest BCUT2D eigenvalue weighted by Gasteiger charge is -2.34. The van der Waals surface area contributed by atoms with Crippen LogP contribution in [0.4, 0.5) is 17.5 Å². The molecule has 0 atom stereocenters. The molecule has 1 aliphatic heterocycles. The van der Waals surface area contributed by atoms with Crippen LogP contribution in [0.5, 0.6) is 0 Å². The molecular formula is C18H24N6O. The SMILES string of the molecule is CC(=O)N1CCN(c2cnnc(Nc3c(C)cc(C)cc3C)n2)CC1. The second kappa shape index (κ2) is 7.04. The number of nitrogens with zero attached hydrogens (tertiary/aromatic N) is 5. The Morgan fingerprint density at radius 2 is 1.72 bits per heavy atom. The van der Waals surface area contributed by atoms with Crippen molar-refractivity contribution in [3.05, 3.63) is 35.0 Å². The van der Waals surface area contributed by atoms with Gasteiger partial charge >= 0.3 is 0 Å². The van der Waals surface area contributed by atoms with Gasteiger partial charge in [-0.1, -0.05) is 17.7 Å². The minimum absolute atomic E-state index is 0.119. The molecule has 0 aliphatic carbocycles. The molecule has 1 saturated heterocycles. The Morgan fingerprint density at radius 1 is 1.08 bits per heavy atom. The van der Waals surface area contributed by atoms with E-state index < -0.39 is 0 Å². The van der Waals surface area contributed by atoms with Crippen LogP contribution < -0.4 is 10.2 Å². The highest BCUT2D eigenvalue weighted by atomic mass is 16.2. The number of amides is 1. The molecule has 0 radical (unpaired) electrons. The number of hydrogen-bond donors (Lipinski definition) is 1. The van der Waals surface area contributed by atoms with E-state index in [2.05, 4.69) is 58.3 Å². The summed E-state index contributed by atoms with van der Waals surface area (Å²) in [4.78, 5) is 20.0. The minimum Gasteiger partial charge on any atom is -0.352 e. The Hall–Kier alpha value is -2.70. The van der Waals surface area contributed by atoms with Gasteiger partial charge in [0.05, 0.1) is 6.20 Å². The quantitative estimate of drug-likeness (QED) is 0.923. The molecule has 0 saturated carbocycles. The van der Waals surface area contributed by atoms with Gasteiger partial charge in [-0.2, -0.15) is 10.1 Å². The van der Waals surface area contributed by atoms with Gasteiger partial charge < -0.3 is 15.1 Å². The van der Waals surface area contributed by atoms with Crippen LogP contribution in [-0.4, -0.2) is 52.2 Å². The highest BCUT2D eigenvalue weighted by molar-refractivity contribution is 5.73. The van der Waals surface area contributed by atoms with E-state index in [4.69, 9.17) is 0 Å². The molecule has 1 aromatic heterocycles. The number of nitrogens with one attached hydrogen (secondary N) is 1. The fraction of sp³-hybridized carbons (Fsp3) is 0.444. The third-order valence-electron chi connectivity index (χ3n) is 4.51. The Labute approximate surface area is 148 Å². The van der Waals surface area contributed by atoms with E-state index in [1.807, 2.05) is 4.90 Å². The molecule has 1 aliphatic rings. The summed E-state index contributed by atoms with van der Waals surface area (Å²) in [5, 5.41) is 11.5. The Bertz CT molecular complexity index is 760. The van der Waals surface area contributed by atoms with E-state index >= 15 is 0 Å². The van der Waals surface area contributed by atoms with Gasteiger partial charge in [-0.3, -0.25) is 4.79 Å². The fourth-order valence-electron chi connectivity index (χ4n) is 3.24. The third-order valence-corrected chi connectivity index (χ3v) is 4.51. The smallest absolute Gasteiger partial charge is 0.249 e. The van der Waals surface area contributed by atoms with Gasteiger partial charge in [0.2, 0.25) is 11.9 Å². The Balaban J connectivity index is 1.76. The van der Waals surface area contributed by atoms with Crippen molar-refractivity contribution in [2.75, 3.05) is 36.4 Å². The highest BCUT2D eigenvalue weighted by Gasteiger charge is 2.20. The second-order valence-corrected chi connectivity index (χ2v) is 6.53. The monoisotopic (exact) mass is 340 g/mol. The average molecular weight is 340 g/mol. The fourth-order valence-corrected chi connectivity index (χ4v) is 3.24. The summed E-state index contributed by atoms with van der Waals surface area (Å²) in [6.45, 7) is 10.7. The molecule has 2 aromatic rings. The summed E-state index contributed by atoms with van der Waals surface area (Å²) >= 11 is 0. The molecule has 0 spiro atoms. The van der Waals surface area contributed by atoms with Crippen molar-refractivity contribution in [3.8, 4) is 0 Å². The van der Waals surface area contributed by atoms with Crippen molar-refractivity contribution in [1.82, 2.24) is 20.1 Å². The molecule has 25 heavy (non-hydrogen) atoms. The van der Waals surface area contributed by atoms with E-state index in [0.717, 1.165) is 35.7 Å². The molecule has 1 N–H and O–H groups in total. The predicted molar refractivity (Wildman–Crippen MR) is 98.2 cm³/mol. The van der Waals surface area contributed by atoms with Crippen molar-refractivity contribution in [2.45, 2.75) is 27.7 Å². The van der Waals surface area contributed by atoms with Gasteiger partial charge in [-0.25, -0.2) is 0 Å². The lowest BCUT2D eigenvalue weighted by Crippen LogP contribution is -2.48.